The molecular formula is C33H25N3O3S. The standard InChI is InChI=1S/C33H25N3O3S/c1-38-24-16-12-22(13-17-24)28-20-27(21-8-4-2-5-9-21)29-30(34)31(40-33(29)36-28)32(37)35-23-14-18-26(19-15-23)39-25-10-6-3-7-11-25/h2-20H,34H2,1H3,(H,35,37). The molecule has 0 spiro atoms. The summed E-state index contributed by atoms with van der Waals surface area (Å²) >= 11 is 1.28. The number of rotatable bonds is 7. The van der Waals surface area contributed by atoms with E-state index >= 15 is 0 Å². The van der Waals surface area contributed by atoms with Gasteiger partial charge in [-0.25, -0.2) is 4.98 Å². The van der Waals surface area contributed by atoms with Crippen molar-refractivity contribution in [2.75, 3.05) is 18.2 Å². The van der Waals surface area contributed by atoms with E-state index in [0.29, 0.717) is 26.8 Å². The van der Waals surface area contributed by atoms with Crippen LogP contribution in [0.2, 0.25) is 0 Å². The van der Waals surface area contributed by atoms with Crippen LogP contribution in [0.3, 0.4) is 0 Å². The van der Waals surface area contributed by atoms with E-state index in [0.717, 1.165) is 39.3 Å². The molecule has 0 unspecified atom stereocenters. The van der Waals surface area contributed by atoms with Gasteiger partial charge in [0.05, 0.1) is 18.5 Å². The molecule has 0 aliphatic rings. The molecule has 1 amide bonds. The number of hydrogen-bond donors (Lipinski definition) is 2. The SMILES string of the molecule is COc1ccc(-c2cc(-c3ccccc3)c3c(N)c(C(=O)Nc4ccc(Oc5ccccc5)cc4)sc3n2)cc1. The number of hydrogen-bond acceptors (Lipinski definition) is 6. The van der Waals surface area contributed by atoms with Gasteiger partial charge in [-0.15, -0.1) is 11.3 Å². The average Bonchev–Trinajstić information content (AvgIpc) is 3.35. The molecule has 6 rings (SSSR count). The number of carbonyl (C=O) groups is 1. The first-order valence-electron chi connectivity index (χ1n) is 12.7. The van der Waals surface area contributed by atoms with Crippen LogP contribution in [-0.2, 0) is 0 Å². The van der Waals surface area contributed by atoms with Gasteiger partial charge >= 0.3 is 0 Å². The number of anilines is 2. The highest BCUT2D eigenvalue weighted by Gasteiger charge is 2.22. The highest BCUT2D eigenvalue weighted by atomic mass is 32.1. The van der Waals surface area contributed by atoms with Gasteiger partial charge in [-0.3, -0.25) is 4.79 Å². The summed E-state index contributed by atoms with van der Waals surface area (Å²) in [4.78, 5) is 19.4. The number of para-hydroxylation sites is 1. The Labute approximate surface area is 235 Å². The molecule has 40 heavy (non-hydrogen) atoms. The molecule has 6 nitrogen and oxygen atoms in total. The van der Waals surface area contributed by atoms with Crippen LogP contribution < -0.4 is 20.5 Å². The number of nitrogen functional groups attached to an aromatic ring is 1. The third-order valence-corrected chi connectivity index (χ3v) is 7.57. The van der Waals surface area contributed by atoms with Crippen molar-refractivity contribution in [1.82, 2.24) is 4.98 Å². The molecule has 3 N–H and O–H groups in total. The number of methoxy groups -OCH3 is 1. The Morgan fingerprint density at radius 3 is 2.08 bits per heavy atom. The van der Waals surface area contributed by atoms with E-state index in [4.69, 9.17) is 20.2 Å². The lowest BCUT2D eigenvalue weighted by atomic mass is 9.99. The van der Waals surface area contributed by atoms with Gasteiger partial charge in [0, 0.05) is 16.6 Å². The van der Waals surface area contributed by atoms with E-state index in [-0.39, 0.29) is 5.91 Å². The molecule has 0 fully saturated rings. The molecule has 6 aromatic rings. The van der Waals surface area contributed by atoms with Gasteiger partial charge in [-0.1, -0.05) is 48.5 Å². The van der Waals surface area contributed by atoms with Crippen molar-refractivity contribution in [2.24, 2.45) is 0 Å². The number of pyridine rings is 1. The second-order valence-corrected chi connectivity index (χ2v) is 10.1. The number of amides is 1. The van der Waals surface area contributed by atoms with Crippen molar-refractivity contribution >= 4 is 38.8 Å². The fraction of sp³-hybridized carbons (Fsp3) is 0.0303. The molecule has 0 saturated heterocycles. The smallest absolute Gasteiger partial charge is 0.267 e. The van der Waals surface area contributed by atoms with Crippen LogP contribution >= 0.6 is 11.3 Å². The number of nitrogens with two attached hydrogens (primary N) is 1. The zero-order valence-electron chi connectivity index (χ0n) is 21.6. The maximum Gasteiger partial charge on any atom is 0.267 e. The van der Waals surface area contributed by atoms with Gasteiger partial charge in [0.2, 0.25) is 0 Å². The lowest BCUT2D eigenvalue weighted by Crippen LogP contribution is -2.11. The molecule has 2 aromatic heterocycles. The van der Waals surface area contributed by atoms with Crippen LogP contribution in [0.25, 0.3) is 32.6 Å². The summed E-state index contributed by atoms with van der Waals surface area (Å²) in [6.07, 6.45) is 0. The number of aromatic nitrogens is 1. The highest BCUT2D eigenvalue weighted by molar-refractivity contribution is 7.21. The van der Waals surface area contributed by atoms with Crippen LogP contribution in [0, 0.1) is 0 Å². The summed E-state index contributed by atoms with van der Waals surface area (Å²) in [5.41, 5.74) is 11.3. The number of benzene rings is 4. The normalized spacial score (nSPS) is 10.8. The van der Waals surface area contributed by atoms with Gasteiger partial charge in [0.1, 0.15) is 27.0 Å². The van der Waals surface area contributed by atoms with Crippen molar-refractivity contribution in [3.8, 4) is 39.6 Å². The Balaban J connectivity index is 1.34. The highest BCUT2D eigenvalue weighted by Crippen LogP contribution is 2.41. The minimum Gasteiger partial charge on any atom is -0.497 e. The Bertz CT molecular complexity index is 1780. The molecule has 0 saturated carbocycles. The maximum absolute atomic E-state index is 13.4. The minimum absolute atomic E-state index is 0.290. The number of carbonyl (C=O) groups excluding carboxylic acids is 1. The zero-order chi connectivity index (χ0) is 27.5. The lowest BCUT2D eigenvalue weighted by molar-refractivity contribution is 0.103. The van der Waals surface area contributed by atoms with Gasteiger partial charge in [-0.05, 0) is 77.9 Å². The van der Waals surface area contributed by atoms with Crippen molar-refractivity contribution < 1.29 is 14.3 Å². The first kappa shape index (κ1) is 25.2. The number of nitrogens with zero attached hydrogens (tertiary/aromatic N) is 1. The van der Waals surface area contributed by atoms with Gasteiger partial charge in [-0.2, -0.15) is 0 Å². The molecule has 0 radical (unpaired) electrons. The summed E-state index contributed by atoms with van der Waals surface area (Å²) in [5, 5.41) is 3.73. The molecule has 196 valence electrons. The van der Waals surface area contributed by atoms with E-state index in [1.807, 2.05) is 103 Å². The molecule has 0 aliphatic carbocycles. The molecule has 4 aromatic carbocycles. The Kier molecular flexibility index (Phi) is 6.87. The first-order valence-corrected chi connectivity index (χ1v) is 13.5. The van der Waals surface area contributed by atoms with E-state index in [9.17, 15) is 4.79 Å². The predicted molar refractivity (Wildman–Crippen MR) is 162 cm³/mol. The Morgan fingerprint density at radius 1 is 0.775 bits per heavy atom. The number of thiophene rings is 1. The van der Waals surface area contributed by atoms with Crippen molar-refractivity contribution in [1.29, 1.82) is 0 Å². The Morgan fingerprint density at radius 2 is 1.40 bits per heavy atom. The van der Waals surface area contributed by atoms with Crippen LogP contribution in [0.1, 0.15) is 9.67 Å². The summed E-state index contributed by atoms with van der Waals surface area (Å²) in [5.74, 6) is 1.90. The van der Waals surface area contributed by atoms with Crippen molar-refractivity contribution in [2.45, 2.75) is 0 Å². The van der Waals surface area contributed by atoms with Gasteiger partial charge in [0.15, 0.2) is 0 Å². The van der Waals surface area contributed by atoms with E-state index in [1.54, 1.807) is 19.2 Å². The van der Waals surface area contributed by atoms with Gasteiger partial charge < -0.3 is 20.5 Å². The molecule has 0 bridgehead atoms. The average molecular weight is 544 g/mol. The number of nitrogens with one attached hydrogen (secondary N) is 1. The van der Waals surface area contributed by atoms with Gasteiger partial charge in [0.25, 0.3) is 5.91 Å². The van der Waals surface area contributed by atoms with E-state index < -0.39 is 0 Å². The predicted octanol–water partition coefficient (Wildman–Crippen LogP) is 8.27. The maximum atomic E-state index is 13.4. The van der Waals surface area contributed by atoms with E-state index in [2.05, 4.69) is 5.32 Å². The zero-order valence-corrected chi connectivity index (χ0v) is 22.4. The number of fused-ring (bicyclic) bond motifs is 1. The minimum atomic E-state index is -0.290. The fourth-order valence-electron chi connectivity index (χ4n) is 4.46. The van der Waals surface area contributed by atoms with Crippen LogP contribution in [0.5, 0.6) is 17.2 Å². The number of ether oxygens (including phenoxy) is 2. The first-order chi connectivity index (χ1) is 19.6. The quantitative estimate of drug-likeness (QED) is 0.212. The summed E-state index contributed by atoms with van der Waals surface area (Å²) in [6.45, 7) is 0. The topological polar surface area (TPSA) is 86.5 Å². The second-order valence-electron chi connectivity index (χ2n) is 9.07. The largest absolute Gasteiger partial charge is 0.497 e. The van der Waals surface area contributed by atoms with Crippen LogP contribution in [-0.4, -0.2) is 18.0 Å². The van der Waals surface area contributed by atoms with E-state index in [1.165, 1.54) is 11.3 Å². The lowest BCUT2D eigenvalue weighted by Gasteiger charge is -2.09. The molecule has 2 heterocycles. The Hall–Kier alpha value is -5.14. The summed E-state index contributed by atoms with van der Waals surface area (Å²) in [7, 11) is 1.64. The molecule has 7 heteroatoms. The monoisotopic (exact) mass is 543 g/mol. The van der Waals surface area contributed by atoms with Crippen molar-refractivity contribution in [3.05, 3.63) is 120 Å². The molecular weight excluding hydrogens is 518 g/mol. The summed E-state index contributed by atoms with van der Waals surface area (Å²) in [6, 6.07) is 36.5. The fourth-order valence-corrected chi connectivity index (χ4v) is 5.48. The third-order valence-electron chi connectivity index (χ3n) is 6.47. The second kappa shape index (κ2) is 10.9. The van der Waals surface area contributed by atoms with Crippen molar-refractivity contribution in [3.63, 3.8) is 0 Å². The van der Waals surface area contributed by atoms with Crippen LogP contribution in [0.4, 0.5) is 11.4 Å². The van der Waals surface area contributed by atoms with Crippen LogP contribution in [0.15, 0.2) is 115 Å². The molecule has 0 atom stereocenters. The molecule has 0 aliphatic heterocycles. The summed E-state index contributed by atoms with van der Waals surface area (Å²) < 4.78 is 11.2. The third kappa shape index (κ3) is 5.10.